The van der Waals surface area contributed by atoms with Crippen molar-refractivity contribution in [2.45, 2.75) is 53.9 Å². The van der Waals surface area contributed by atoms with Gasteiger partial charge in [-0.05, 0) is 143 Å². The largest absolute Gasteiger partial charge is 0.310 e. The van der Waals surface area contributed by atoms with Crippen LogP contribution in [-0.4, -0.2) is 0 Å². The van der Waals surface area contributed by atoms with Crippen LogP contribution >= 0.6 is 0 Å². The molecular weight excluding hydrogens is 749 g/mol. The first-order chi connectivity index (χ1) is 30.0. The summed E-state index contributed by atoms with van der Waals surface area (Å²) in [6, 6.07) is 70.0. The van der Waals surface area contributed by atoms with Gasteiger partial charge in [0.2, 0.25) is 0 Å². The number of hydrogen-bond donors (Lipinski definition) is 0. The van der Waals surface area contributed by atoms with Crippen molar-refractivity contribution in [2.75, 3.05) is 9.80 Å². The molecule has 2 heteroatoms. The molecule has 0 aliphatic rings. The third-order valence-corrected chi connectivity index (χ3v) is 12.7. The number of nitrogens with zero attached hydrogens (tertiary/aromatic N) is 2. The molecule has 0 aliphatic heterocycles. The van der Waals surface area contributed by atoms with Crippen molar-refractivity contribution in [3.63, 3.8) is 0 Å². The highest BCUT2D eigenvalue weighted by molar-refractivity contribution is 6.29. The minimum absolute atomic E-state index is 0.0120. The zero-order valence-electron chi connectivity index (χ0n) is 36.8. The number of anilines is 6. The summed E-state index contributed by atoms with van der Waals surface area (Å²) in [4.78, 5) is 5.00. The Balaban J connectivity index is 1.31. The summed E-state index contributed by atoms with van der Waals surface area (Å²) in [6.45, 7) is 15.8. The van der Waals surface area contributed by atoms with Gasteiger partial charge in [-0.1, -0.05) is 165 Å². The molecule has 0 N–H and O–H groups in total. The first kappa shape index (κ1) is 39.0. The molecule has 0 atom stereocenters. The van der Waals surface area contributed by atoms with Gasteiger partial charge in [0.1, 0.15) is 0 Å². The monoisotopic (exact) mass is 800 g/mol. The average molecular weight is 801 g/mol. The lowest BCUT2D eigenvalue weighted by Crippen LogP contribution is -2.16. The second-order valence-corrected chi connectivity index (χ2v) is 18.1. The molecule has 0 aromatic heterocycles. The molecule has 0 saturated carbocycles. The fraction of sp³-hybridized carbons (Fsp3) is 0.133. The lowest BCUT2D eigenvalue weighted by molar-refractivity contribution is 0.591. The topological polar surface area (TPSA) is 6.48 Å². The van der Waals surface area contributed by atoms with E-state index in [1.54, 1.807) is 0 Å². The summed E-state index contributed by atoms with van der Waals surface area (Å²) in [5.74, 6) is 0. The van der Waals surface area contributed by atoms with Crippen molar-refractivity contribution >= 4 is 66.4 Å². The number of benzene rings is 10. The maximum atomic E-state index is 2.50. The first-order valence-electron chi connectivity index (χ1n) is 21.8. The van der Waals surface area contributed by atoms with Gasteiger partial charge in [0.05, 0.1) is 11.4 Å². The number of hydrogen-bond acceptors (Lipinski definition) is 2. The molecule has 0 bridgehead atoms. The van der Waals surface area contributed by atoms with Gasteiger partial charge in [-0.3, -0.25) is 0 Å². The number of rotatable bonds is 8. The van der Waals surface area contributed by atoms with Crippen LogP contribution in [0.15, 0.2) is 188 Å². The second-order valence-electron chi connectivity index (χ2n) is 18.1. The normalized spacial score (nSPS) is 11.8. The molecule has 2 nitrogen and oxygen atoms in total. The van der Waals surface area contributed by atoms with Gasteiger partial charge in [0.15, 0.2) is 0 Å². The molecule has 0 radical (unpaired) electrons. The second kappa shape index (κ2) is 15.4. The first-order valence-corrected chi connectivity index (χ1v) is 21.8. The minimum atomic E-state index is 0.0120. The van der Waals surface area contributed by atoms with Crippen LogP contribution in [0.2, 0.25) is 0 Å². The molecular formula is C60H52N2. The molecule has 62 heavy (non-hydrogen) atoms. The average Bonchev–Trinajstić information content (AvgIpc) is 3.28. The Bertz CT molecular complexity index is 3020. The highest BCUT2D eigenvalue weighted by atomic mass is 15.2. The molecule has 10 rings (SSSR count). The lowest BCUT2D eigenvalue weighted by Gasteiger charge is -2.34. The molecule has 0 spiro atoms. The zero-order valence-corrected chi connectivity index (χ0v) is 36.8. The highest BCUT2D eigenvalue weighted by Crippen LogP contribution is 2.51. The van der Waals surface area contributed by atoms with E-state index in [0.717, 1.165) is 34.1 Å². The Hall–Kier alpha value is -7.16. The van der Waals surface area contributed by atoms with Gasteiger partial charge in [-0.15, -0.1) is 0 Å². The Morgan fingerprint density at radius 3 is 1.15 bits per heavy atom. The molecule has 0 fully saturated rings. The van der Waals surface area contributed by atoms with E-state index in [1.165, 1.54) is 82.4 Å². The molecule has 302 valence electrons. The summed E-state index contributed by atoms with van der Waals surface area (Å²) < 4.78 is 0. The Morgan fingerprint density at radius 2 is 0.758 bits per heavy atom. The number of aryl methyl sites for hydroxylation is 4. The van der Waals surface area contributed by atoms with Crippen LogP contribution < -0.4 is 9.80 Å². The van der Waals surface area contributed by atoms with E-state index in [-0.39, 0.29) is 5.41 Å². The van der Waals surface area contributed by atoms with Gasteiger partial charge in [0, 0.05) is 38.9 Å². The summed E-state index contributed by atoms with van der Waals surface area (Å²) in [6.07, 6.45) is 0. The smallest absolute Gasteiger partial charge is 0.0561 e. The van der Waals surface area contributed by atoms with Crippen LogP contribution in [0.4, 0.5) is 34.1 Å². The fourth-order valence-corrected chi connectivity index (χ4v) is 9.32. The molecule has 0 unspecified atom stereocenters. The molecule has 0 aliphatic carbocycles. The highest BCUT2D eigenvalue weighted by Gasteiger charge is 2.27. The molecule has 0 saturated heterocycles. The minimum Gasteiger partial charge on any atom is -0.310 e. The van der Waals surface area contributed by atoms with E-state index < -0.39 is 0 Å². The van der Waals surface area contributed by atoms with Gasteiger partial charge >= 0.3 is 0 Å². The van der Waals surface area contributed by atoms with Crippen LogP contribution in [0.25, 0.3) is 54.6 Å². The van der Waals surface area contributed by atoms with E-state index >= 15 is 0 Å². The van der Waals surface area contributed by atoms with Crippen molar-refractivity contribution in [3.8, 4) is 22.3 Å². The van der Waals surface area contributed by atoms with Gasteiger partial charge in [-0.25, -0.2) is 0 Å². The molecule has 0 amide bonds. The van der Waals surface area contributed by atoms with Crippen LogP contribution in [0.1, 0.15) is 48.6 Å². The van der Waals surface area contributed by atoms with E-state index in [4.69, 9.17) is 0 Å². The third-order valence-electron chi connectivity index (χ3n) is 12.7. The van der Waals surface area contributed by atoms with Crippen molar-refractivity contribution in [1.29, 1.82) is 0 Å². The van der Waals surface area contributed by atoms with Gasteiger partial charge < -0.3 is 9.80 Å². The molecule has 10 aromatic carbocycles. The Labute approximate surface area is 366 Å². The lowest BCUT2D eigenvalue weighted by atomic mass is 9.83. The SMILES string of the molecule is Cc1ccc(N(c2ccc(-c3ccccc3)cc2C)c2cc(N(c3ccc(C)cc3)c3ccc(-c4ccccc4)cc3C)c3ccc4cc(C(C)(C)C)cc5ccc2c3c54)cc1. The summed E-state index contributed by atoms with van der Waals surface area (Å²) in [5, 5.41) is 7.55. The van der Waals surface area contributed by atoms with Crippen molar-refractivity contribution in [1.82, 2.24) is 0 Å². The van der Waals surface area contributed by atoms with Gasteiger partial charge in [-0.2, -0.15) is 0 Å². The maximum absolute atomic E-state index is 2.50. The van der Waals surface area contributed by atoms with Crippen LogP contribution in [-0.2, 0) is 5.41 Å². The predicted molar refractivity (Wildman–Crippen MR) is 268 cm³/mol. The molecule has 0 heterocycles. The summed E-state index contributed by atoms with van der Waals surface area (Å²) in [5.41, 5.74) is 17.9. The van der Waals surface area contributed by atoms with Crippen LogP contribution in [0.5, 0.6) is 0 Å². The predicted octanol–water partition coefficient (Wildman–Crippen LogP) is 17.4. The Morgan fingerprint density at radius 1 is 0.339 bits per heavy atom. The zero-order chi connectivity index (χ0) is 42.7. The van der Waals surface area contributed by atoms with Crippen molar-refractivity contribution in [2.24, 2.45) is 0 Å². The third kappa shape index (κ3) is 6.96. The molecule has 10 aromatic rings. The quantitative estimate of drug-likeness (QED) is 0.141. The summed E-state index contributed by atoms with van der Waals surface area (Å²) >= 11 is 0. The van der Waals surface area contributed by atoms with Crippen LogP contribution in [0.3, 0.4) is 0 Å². The van der Waals surface area contributed by atoms with Gasteiger partial charge in [0.25, 0.3) is 0 Å². The Kier molecular flexibility index (Phi) is 9.68. The summed E-state index contributed by atoms with van der Waals surface area (Å²) in [7, 11) is 0. The fourth-order valence-electron chi connectivity index (χ4n) is 9.32. The van der Waals surface area contributed by atoms with E-state index in [1.807, 2.05) is 0 Å². The van der Waals surface area contributed by atoms with Crippen molar-refractivity contribution in [3.05, 3.63) is 216 Å². The van der Waals surface area contributed by atoms with Crippen molar-refractivity contribution < 1.29 is 0 Å². The standard InChI is InChI=1S/C60H52N2/c1-39-18-26-50(27-19-39)61(54-32-24-45(34-41(54)3)43-14-10-8-11-15-43)56-38-57(53-31-23-48-37-49(60(5,6)7)36-47-22-30-52(56)59(53)58(47)48)62(51-28-20-40(2)21-29-51)55-33-25-46(35-42(55)4)44-16-12-9-13-17-44/h8-38H,1-7H3. The van der Waals surface area contributed by atoms with E-state index in [0.29, 0.717) is 0 Å². The van der Waals surface area contributed by atoms with E-state index in [2.05, 4.69) is 246 Å². The maximum Gasteiger partial charge on any atom is 0.0561 e. The van der Waals surface area contributed by atoms with Crippen LogP contribution in [0, 0.1) is 27.7 Å². The van der Waals surface area contributed by atoms with E-state index in [9.17, 15) is 0 Å².